The predicted molar refractivity (Wildman–Crippen MR) is 84.2 cm³/mol. The average Bonchev–Trinajstić information content (AvgIpc) is 2.50. The minimum absolute atomic E-state index is 0.0593. The van der Waals surface area contributed by atoms with Gasteiger partial charge in [0.1, 0.15) is 0 Å². The molecule has 0 bridgehead atoms. The second-order valence-corrected chi connectivity index (χ2v) is 5.18. The molecule has 0 saturated carbocycles. The molecule has 1 N–H and O–H groups in total. The highest BCUT2D eigenvalue weighted by molar-refractivity contribution is 6.32. The predicted octanol–water partition coefficient (Wildman–Crippen LogP) is 2.31. The van der Waals surface area contributed by atoms with Crippen LogP contribution in [0.25, 0.3) is 0 Å². The van der Waals surface area contributed by atoms with E-state index in [0.29, 0.717) is 29.6 Å². The van der Waals surface area contributed by atoms with E-state index in [9.17, 15) is 4.79 Å². The first-order valence-corrected chi connectivity index (χ1v) is 7.21. The van der Waals surface area contributed by atoms with Crippen LogP contribution in [0.2, 0.25) is 5.02 Å². The fourth-order valence-corrected chi connectivity index (χ4v) is 2.23. The molecule has 0 fully saturated rings. The van der Waals surface area contributed by atoms with Gasteiger partial charge in [0.2, 0.25) is 5.91 Å². The number of benzene rings is 1. The third-order valence-electron chi connectivity index (χ3n) is 3.33. The summed E-state index contributed by atoms with van der Waals surface area (Å²) in [6, 6.07) is 3.39. The van der Waals surface area contributed by atoms with Crippen LogP contribution in [-0.4, -0.2) is 44.7 Å². The van der Waals surface area contributed by atoms with Crippen LogP contribution in [0, 0.1) is 0 Å². The van der Waals surface area contributed by atoms with Crippen molar-refractivity contribution in [2.45, 2.75) is 26.4 Å². The molecule has 1 unspecified atom stereocenters. The molecule has 0 aliphatic heterocycles. The van der Waals surface area contributed by atoms with Crippen molar-refractivity contribution in [3.8, 4) is 11.5 Å². The molecule has 1 aromatic rings. The SMILES string of the molecule is CCN(C)C(=O)C(C)NCc1cc(Cl)c(OC)c(OC)c1. The first-order valence-electron chi connectivity index (χ1n) is 6.83. The molecular formula is C15H23ClN2O3. The summed E-state index contributed by atoms with van der Waals surface area (Å²) in [6.45, 7) is 4.99. The zero-order valence-electron chi connectivity index (χ0n) is 13.2. The molecular weight excluding hydrogens is 292 g/mol. The molecule has 118 valence electrons. The van der Waals surface area contributed by atoms with Gasteiger partial charge in [0, 0.05) is 20.1 Å². The van der Waals surface area contributed by atoms with E-state index in [0.717, 1.165) is 5.56 Å². The Morgan fingerprint density at radius 3 is 2.57 bits per heavy atom. The molecule has 1 atom stereocenters. The number of likely N-dealkylation sites (N-methyl/N-ethyl adjacent to an activating group) is 1. The van der Waals surface area contributed by atoms with Crippen molar-refractivity contribution in [3.63, 3.8) is 0 Å². The third-order valence-corrected chi connectivity index (χ3v) is 3.61. The van der Waals surface area contributed by atoms with E-state index in [1.165, 1.54) is 0 Å². The van der Waals surface area contributed by atoms with Crippen molar-refractivity contribution < 1.29 is 14.3 Å². The zero-order chi connectivity index (χ0) is 16.0. The number of nitrogens with one attached hydrogen (secondary N) is 1. The number of carbonyl (C=O) groups is 1. The van der Waals surface area contributed by atoms with Crippen LogP contribution in [0.1, 0.15) is 19.4 Å². The molecule has 0 saturated heterocycles. The molecule has 0 aliphatic rings. The number of rotatable bonds is 7. The van der Waals surface area contributed by atoms with Gasteiger partial charge in [0.15, 0.2) is 11.5 Å². The standard InChI is InChI=1S/C15H23ClN2O3/c1-6-18(3)15(19)10(2)17-9-11-7-12(16)14(21-5)13(8-11)20-4/h7-8,10,17H,6,9H2,1-5H3. The highest BCUT2D eigenvalue weighted by Gasteiger charge is 2.16. The Morgan fingerprint density at radius 1 is 1.38 bits per heavy atom. The van der Waals surface area contributed by atoms with Gasteiger partial charge in [-0.1, -0.05) is 11.6 Å². The Bertz CT molecular complexity index is 494. The quantitative estimate of drug-likeness (QED) is 0.839. The van der Waals surface area contributed by atoms with Crippen LogP contribution in [0.15, 0.2) is 12.1 Å². The van der Waals surface area contributed by atoms with Crippen LogP contribution >= 0.6 is 11.6 Å². The Balaban J connectivity index is 2.76. The number of halogens is 1. The van der Waals surface area contributed by atoms with Gasteiger partial charge in [0.25, 0.3) is 0 Å². The fraction of sp³-hybridized carbons (Fsp3) is 0.533. The minimum atomic E-state index is -0.262. The first kappa shape index (κ1) is 17.6. The lowest BCUT2D eigenvalue weighted by Gasteiger charge is -2.21. The summed E-state index contributed by atoms with van der Waals surface area (Å²) in [5.74, 6) is 1.15. The topological polar surface area (TPSA) is 50.8 Å². The van der Waals surface area contributed by atoms with Crippen molar-refractivity contribution >= 4 is 17.5 Å². The molecule has 21 heavy (non-hydrogen) atoms. The molecule has 0 radical (unpaired) electrons. The van der Waals surface area contributed by atoms with Crippen molar-refractivity contribution in [3.05, 3.63) is 22.7 Å². The number of hydrogen-bond donors (Lipinski definition) is 1. The molecule has 5 nitrogen and oxygen atoms in total. The summed E-state index contributed by atoms with van der Waals surface area (Å²) in [4.78, 5) is 13.7. The lowest BCUT2D eigenvalue weighted by Crippen LogP contribution is -2.42. The van der Waals surface area contributed by atoms with Gasteiger partial charge in [-0.05, 0) is 31.5 Å². The molecule has 0 heterocycles. The van der Waals surface area contributed by atoms with Crippen LogP contribution in [0.3, 0.4) is 0 Å². The number of amides is 1. The normalized spacial score (nSPS) is 11.9. The van der Waals surface area contributed by atoms with Gasteiger partial charge < -0.3 is 19.7 Å². The largest absolute Gasteiger partial charge is 0.493 e. The highest BCUT2D eigenvalue weighted by Crippen LogP contribution is 2.35. The lowest BCUT2D eigenvalue weighted by atomic mass is 10.2. The van der Waals surface area contributed by atoms with Crippen LogP contribution < -0.4 is 14.8 Å². The third kappa shape index (κ3) is 4.51. The maximum atomic E-state index is 12.0. The monoisotopic (exact) mass is 314 g/mol. The lowest BCUT2D eigenvalue weighted by molar-refractivity contribution is -0.131. The fourth-order valence-electron chi connectivity index (χ4n) is 1.92. The smallest absolute Gasteiger partial charge is 0.239 e. The molecule has 1 amide bonds. The van der Waals surface area contributed by atoms with Gasteiger partial charge in [-0.25, -0.2) is 0 Å². The second kappa shape index (κ2) is 8.10. The van der Waals surface area contributed by atoms with E-state index in [1.807, 2.05) is 19.9 Å². The van der Waals surface area contributed by atoms with Crippen molar-refractivity contribution in [2.24, 2.45) is 0 Å². The number of methoxy groups -OCH3 is 2. The van der Waals surface area contributed by atoms with Crippen LogP contribution in [0.5, 0.6) is 11.5 Å². The first-order chi connectivity index (χ1) is 9.94. The summed E-state index contributed by atoms with van der Waals surface area (Å²) in [5, 5.41) is 3.67. The maximum Gasteiger partial charge on any atom is 0.239 e. The summed E-state index contributed by atoms with van der Waals surface area (Å²) >= 11 is 6.16. The Hall–Kier alpha value is -1.46. The number of ether oxygens (including phenoxy) is 2. The van der Waals surface area contributed by atoms with Crippen LogP contribution in [-0.2, 0) is 11.3 Å². The van der Waals surface area contributed by atoms with Gasteiger partial charge >= 0.3 is 0 Å². The summed E-state index contributed by atoms with van der Waals surface area (Å²) in [5.41, 5.74) is 0.927. The van der Waals surface area contributed by atoms with E-state index < -0.39 is 0 Å². The van der Waals surface area contributed by atoms with Gasteiger partial charge in [0.05, 0.1) is 25.3 Å². The van der Waals surface area contributed by atoms with Gasteiger partial charge in [-0.2, -0.15) is 0 Å². The average molecular weight is 315 g/mol. The number of hydrogen-bond acceptors (Lipinski definition) is 4. The number of carbonyl (C=O) groups excluding carboxylic acids is 1. The Labute approximate surface area is 131 Å². The van der Waals surface area contributed by atoms with E-state index in [-0.39, 0.29) is 11.9 Å². The van der Waals surface area contributed by atoms with Gasteiger partial charge in [-0.15, -0.1) is 0 Å². The minimum Gasteiger partial charge on any atom is -0.493 e. The van der Waals surface area contributed by atoms with E-state index in [2.05, 4.69) is 5.32 Å². The molecule has 1 aromatic carbocycles. The summed E-state index contributed by atoms with van der Waals surface area (Å²) in [7, 11) is 4.89. The Kier molecular flexibility index (Phi) is 6.78. The van der Waals surface area contributed by atoms with Crippen molar-refractivity contribution in [2.75, 3.05) is 27.8 Å². The number of nitrogens with zero attached hydrogens (tertiary/aromatic N) is 1. The summed E-state index contributed by atoms with van der Waals surface area (Å²) in [6.07, 6.45) is 0. The van der Waals surface area contributed by atoms with Crippen molar-refractivity contribution in [1.82, 2.24) is 10.2 Å². The molecule has 1 rings (SSSR count). The van der Waals surface area contributed by atoms with E-state index in [1.54, 1.807) is 32.2 Å². The van der Waals surface area contributed by atoms with Gasteiger partial charge in [-0.3, -0.25) is 4.79 Å². The molecule has 0 aliphatic carbocycles. The summed E-state index contributed by atoms with van der Waals surface area (Å²) < 4.78 is 10.4. The van der Waals surface area contributed by atoms with E-state index in [4.69, 9.17) is 21.1 Å². The second-order valence-electron chi connectivity index (χ2n) is 4.77. The molecule has 6 heteroatoms. The highest BCUT2D eigenvalue weighted by atomic mass is 35.5. The molecule has 0 aromatic heterocycles. The Morgan fingerprint density at radius 2 is 2.05 bits per heavy atom. The van der Waals surface area contributed by atoms with Crippen LogP contribution in [0.4, 0.5) is 0 Å². The maximum absolute atomic E-state index is 12.0. The molecule has 0 spiro atoms. The van der Waals surface area contributed by atoms with Crippen molar-refractivity contribution in [1.29, 1.82) is 0 Å². The van der Waals surface area contributed by atoms with E-state index >= 15 is 0 Å². The zero-order valence-corrected chi connectivity index (χ0v) is 14.0.